The number of alkyl halides is 1. The van der Waals surface area contributed by atoms with E-state index < -0.39 is 0 Å². The molecule has 1 aromatic rings. The van der Waals surface area contributed by atoms with E-state index in [4.69, 9.17) is 4.74 Å². The number of hydrogen-bond donors (Lipinski definition) is 0. The molecule has 4 fully saturated rings. The molecule has 0 aromatic heterocycles. The summed E-state index contributed by atoms with van der Waals surface area (Å²) in [7, 11) is 0. The average molecular weight is 432 g/mol. The molecule has 27 heavy (non-hydrogen) atoms. The minimum atomic E-state index is -0.367. The van der Waals surface area contributed by atoms with Crippen LogP contribution in [0, 0.1) is 17.3 Å². The highest BCUT2D eigenvalue weighted by Gasteiger charge is 2.60. The molecule has 1 heterocycles. The lowest BCUT2D eigenvalue weighted by Gasteiger charge is -2.58. The minimum Gasteiger partial charge on any atom is -0.455 e. The molecule has 1 aromatic carbocycles. The number of amides is 1. The number of hydrogen-bond acceptors (Lipinski definition) is 3. The molecule has 0 N–H and O–H groups in total. The topological polar surface area (TPSA) is 46.6 Å². The summed E-state index contributed by atoms with van der Waals surface area (Å²) in [6, 6.07) is 8.03. The molecule has 5 heteroatoms. The van der Waals surface area contributed by atoms with Crippen LogP contribution in [0.3, 0.4) is 0 Å². The molecular weight excluding hydrogens is 406 g/mol. The first-order valence-corrected chi connectivity index (χ1v) is 11.0. The van der Waals surface area contributed by atoms with Crippen LogP contribution in [-0.2, 0) is 20.7 Å². The number of rotatable bonds is 3. The lowest BCUT2D eigenvalue weighted by atomic mass is 9.49. The number of benzene rings is 1. The predicted octanol–water partition coefficient (Wildman–Crippen LogP) is 4.24. The van der Waals surface area contributed by atoms with Gasteiger partial charge in [-0.15, -0.1) is 0 Å². The molecular formula is C22H26BrNO3. The molecule has 1 aliphatic heterocycles. The fraction of sp³-hybridized carbons (Fsp3) is 0.636. The van der Waals surface area contributed by atoms with Crippen molar-refractivity contribution in [2.45, 2.75) is 55.7 Å². The van der Waals surface area contributed by atoms with Crippen molar-refractivity contribution < 1.29 is 14.3 Å². The van der Waals surface area contributed by atoms with Gasteiger partial charge in [-0.1, -0.05) is 34.1 Å². The summed E-state index contributed by atoms with van der Waals surface area (Å²) in [5.41, 5.74) is 1.80. The Morgan fingerprint density at radius 2 is 1.89 bits per heavy atom. The number of halogens is 1. The maximum Gasteiger partial charge on any atom is 0.312 e. The van der Waals surface area contributed by atoms with Gasteiger partial charge in [0.15, 0.2) is 6.61 Å². The lowest BCUT2D eigenvalue weighted by molar-refractivity contribution is -0.171. The molecule has 4 saturated carbocycles. The number of aryl methyl sites for hydroxylation is 1. The molecule has 6 rings (SSSR count). The zero-order chi connectivity index (χ0) is 18.6. The highest BCUT2D eigenvalue weighted by atomic mass is 79.9. The van der Waals surface area contributed by atoms with Crippen molar-refractivity contribution in [2.24, 2.45) is 17.3 Å². The zero-order valence-corrected chi connectivity index (χ0v) is 17.2. The Labute approximate surface area is 168 Å². The van der Waals surface area contributed by atoms with E-state index in [1.165, 1.54) is 24.8 Å². The fourth-order valence-electron chi connectivity index (χ4n) is 6.54. The summed E-state index contributed by atoms with van der Waals surface area (Å²) in [6.45, 7) is 0.562. The SMILES string of the molecule is O=C(COC(=O)C12C[C@H]3C[C@@H](CC(Br)(C3)C1)C2)N1CCCc2ccccc21. The number of para-hydroxylation sites is 1. The molecule has 4 bridgehead atoms. The molecule has 144 valence electrons. The first-order valence-electron chi connectivity index (χ1n) is 10.2. The smallest absolute Gasteiger partial charge is 0.312 e. The van der Waals surface area contributed by atoms with Crippen LogP contribution in [0.25, 0.3) is 0 Å². The van der Waals surface area contributed by atoms with Crippen LogP contribution in [0.4, 0.5) is 5.69 Å². The molecule has 4 nitrogen and oxygen atoms in total. The maximum absolute atomic E-state index is 13.1. The van der Waals surface area contributed by atoms with Crippen LogP contribution in [0.5, 0.6) is 0 Å². The molecule has 1 amide bonds. The summed E-state index contributed by atoms with van der Waals surface area (Å²) >= 11 is 3.94. The van der Waals surface area contributed by atoms with Gasteiger partial charge in [-0.3, -0.25) is 9.59 Å². The highest BCUT2D eigenvalue weighted by Crippen LogP contribution is 2.64. The van der Waals surface area contributed by atoms with Crippen molar-refractivity contribution in [2.75, 3.05) is 18.1 Å². The van der Waals surface area contributed by atoms with Crippen LogP contribution in [0.2, 0.25) is 0 Å². The Kier molecular flexibility index (Phi) is 4.15. The Morgan fingerprint density at radius 3 is 2.63 bits per heavy atom. The second-order valence-electron chi connectivity index (χ2n) is 9.25. The molecule has 5 aliphatic rings. The Hall–Kier alpha value is -1.36. The average Bonchev–Trinajstić information content (AvgIpc) is 2.63. The van der Waals surface area contributed by atoms with Gasteiger partial charge in [0.05, 0.1) is 5.41 Å². The third-order valence-electron chi connectivity index (χ3n) is 7.16. The predicted molar refractivity (Wildman–Crippen MR) is 107 cm³/mol. The normalized spacial score (nSPS) is 36.4. The minimum absolute atomic E-state index is 0.103. The molecule has 0 spiro atoms. The zero-order valence-electron chi connectivity index (χ0n) is 15.6. The van der Waals surface area contributed by atoms with Gasteiger partial charge in [-0.05, 0) is 74.8 Å². The van der Waals surface area contributed by atoms with E-state index in [9.17, 15) is 9.59 Å². The van der Waals surface area contributed by atoms with Gasteiger partial charge in [0.25, 0.3) is 5.91 Å². The second-order valence-corrected chi connectivity index (χ2v) is 10.9. The van der Waals surface area contributed by atoms with E-state index in [1.54, 1.807) is 4.90 Å². The summed E-state index contributed by atoms with van der Waals surface area (Å²) in [5.74, 6) is 1.01. The van der Waals surface area contributed by atoms with Crippen molar-refractivity contribution in [3.05, 3.63) is 29.8 Å². The Balaban J connectivity index is 1.27. The van der Waals surface area contributed by atoms with Gasteiger partial charge in [0.2, 0.25) is 0 Å². The lowest BCUT2D eigenvalue weighted by Crippen LogP contribution is -2.56. The monoisotopic (exact) mass is 431 g/mol. The van der Waals surface area contributed by atoms with Crippen LogP contribution >= 0.6 is 15.9 Å². The third kappa shape index (κ3) is 3.02. The largest absolute Gasteiger partial charge is 0.455 e. The number of ether oxygens (including phenoxy) is 1. The van der Waals surface area contributed by atoms with Gasteiger partial charge >= 0.3 is 5.97 Å². The van der Waals surface area contributed by atoms with E-state index >= 15 is 0 Å². The second kappa shape index (κ2) is 6.33. The van der Waals surface area contributed by atoms with E-state index in [1.807, 2.05) is 18.2 Å². The molecule has 2 atom stereocenters. The Morgan fingerprint density at radius 1 is 1.15 bits per heavy atom. The Bertz CT molecular complexity index is 778. The quantitative estimate of drug-likeness (QED) is 0.530. The molecule has 0 saturated heterocycles. The fourth-order valence-corrected chi connectivity index (χ4v) is 7.99. The van der Waals surface area contributed by atoms with Crippen LogP contribution < -0.4 is 4.90 Å². The number of fused-ring (bicyclic) bond motifs is 1. The van der Waals surface area contributed by atoms with Gasteiger partial charge in [-0.25, -0.2) is 0 Å². The summed E-state index contributed by atoms with van der Waals surface area (Å²) in [5, 5.41) is 0. The third-order valence-corrected chi connectivity index (χ3v) is 8.09. The highest BCUT2D eigenvalue weighted by molar-refractivity contribution is 9.10. The van der Waals surface area contributed by atoms with E-state index in [0.29, 0.717) is 18.4 Å². The van der Waals surface area contributed by atoms with Gasteiger partial charge in [-0.2, -0.15) is 0 Å². The van der Waals surface area contributed by atoms with Crippen molar-refractivity contribution in [1.29, 1.82) is 0 Å². The summed E-state index contributed by atoms with van der Waals surface area (Å²) in [6.07, 6.45) is 8.32. The number of esters is 1. The van der Waals surface area contributed by atoms with E-state index in [2.05, 4.69) is 22.0 Å². The van der Waals surface area contributed by atoms with Crippen LogP contribution in [-0.4, -0.2) is 29.4 Å². The van der Waals surface area contributed by atoms with Crippen molar-refractivity contribution in [3.8, 4) is 0 Å². The van der Waals surface area contributed by atoms with E-state index in [-0.39, 0.29) is 28.2 Å². The van der Waals surface area contributed by atoms with Gasteiger partial charge < -0.3 is 9.64 Å². The number of nitrogens with zero attached hydrogens (tertiary/aromatic N) is 1. The first-order chi connectivity index (χ1) is 13.0. The molecule has 0 radical (unpaired) electrons. The number of carbonyl (C=O) groups excluding carboxylic acids is 2. The number of carbonyl (C=O) groups is 2. The summed E-state index contributed by atoms with van der Waals surface area (Å²) < 4.78 is 5.77. The summed E-state index contributed by atoms with van der Waals surface area (Å²) in [4.78, 5) is 27.6. The van der Waals surface area contributed by atoms with Crippen LogP contribution in [0.15, 0.2) is 24.3 Å². The maximum atomic E-state index is 13.1. The van der Waals surface area contributed by atoms with Gasteiger partial charge in [0.1, 0.15) is 0 Å². The standard InChI is InChI=1S/C22H26BrNO3/c23-22-11-15-8-16(12-22)10-21(9-15,14-22)20(26)27-13-19(25)24-7-3-5-17-4-1-2-6-18(17)24/h1-2,4,6,15-16H,3,5,7-14H2/t15-,16-,21?,22?/m1/s1. The van der Waals surface area contributed by atoms with Crippen molar-refractivity contribution >= 4 is 33.5 Å². The number of anilines is 1. The molecule has 4 aliphatic carbocycles. The van der Waals surface area contributed by atoms with E-state index in [0.717, 1.165) is 37.8 Å². The first kappa shape index (κ1) is 17.7. The molecule has 0 unspecified atom stereocenters. The van der Waals surface area contributed by atoms with Crippen molar-refractivity contribution in [1.82, 2.24) is 0 Å². The van der Waals surface area contributed by atoms with Crippen LogP contribution in [0.1, 0.15) is 50.5 Å². The van der Waals surface area contributed by atoms with Crippen molar-refractivity contribution in [3.63, 3.8) is 0 Å². The van der Waals surface area contributed by atoms with Gasteiger partial charge in [0, 0.05) is 16.6 Å².